The minimum atomic E-state index is -0.0211. The van der Waals surface area contributed by atoms with Gasteiger partial charge in [-0.25, -0.2) is 0 Å². The molecule has 0 bridgehead atoms. The highest BCUT2D eigenvalue weighted by Crippen LogP contribution is 2.33. The fourth-order valence-electron chi connectivity index (χ4n) is 2.96. The molecule has 3 aromatic heterocycles. The molecule has 124 valence electrons. The molecule has 2 N–H and O–H groups in total. The second-order valence-electron chi connectivity index (χ2n) is 5.96. The zero-order chi connectivity index (χ0) is 17.2. The van der Waals surface area contributed by atoms with E-state index in [1.165, 1.54) is 0 Å². The van der Waals surface area contributed by atoms with Gasteiger partial charge in [0.15, 0.2) is 0 Å². The molecular formula is C20H17N3OS. The van der Waals surface area contributed by atoms with Gasteiger partial charge in [-0.15, -0.1) is 11.3 Å². The number of hydrogen-bond acceptors (Lipinski definition) is 3. The molecule has 25 heavy (non-hydrogen) atoms. The van der Waals surface area contributed by atoms with Crippen molar-refractivity contribution < 1.29 is 4.79 Å². The number of rotatable bonds is 4. The maximum Gasteiger partial charge on any atom is 0.228 e. The van der Waals surface area contributed by atoms with E-state index < -0.39 is 0 Å². The molecule has 0 aliphatic rings. The first-order valence-corrected chi connectivity index (χ1v) is 8.93. The summed E-state index contributed by atoms with van der Waals surface area (Å²) in [6, 6.07) is 13.9. The minimum Gasteiger partial charge on any atom is -0.358 e. The first kappa shape index (κ1) is 15.6. The Labute approximate surface area is 149 Å². The Morgan fingerprint density at radius 1 is 1.20 bits per heavy atom. The number of aromatic nitrogens is 2. The first-order chi connectivity index (χ1) is 12.2. The van der Waals surface area contributed by atoms with E-state index in [0.29, 0.717) is 6.42 Å². The van der Waals surface area contributed by atoms with Crippen LogP contribution in [0, 0.1) is 6.92 Å². The number of nitrogens with one attached hydrogen (secondary N) is 2. The summed E-state index contributed by atoms with van der Waals surface area (Å²) >= 11 is 1.61. The van der Waals surface area contributed by atoms with Gasteiger partial charge in [0.1, 0.15) is 0 Å². The fourth-order valence-corrected chi connectivity index (χ4v) is 3.80. The van der Waals surface area contributed by atoms with Crippen LogP contribution in [0.15, 0.2) is 60.2 Å². The molecule has 0 aliphatic carbocycles. The Hall–Kier alpha value is -2.92. The largest absolute Gasteiger partial charge is 0.358 e. The third-order valence-electron chi connectivity index (χ3n) is 4.14. The molecule has 0 aliphatic heterocycles. The number of nitrogens with zero attached hydrogens (tertiary/aromatic N) is 1. The van der Waals surface area contributed by atoms with E-state index in [1.54, 1.807) is 17.5 Å². The van der Waals surface area contributed by atoms with Crippen molar-refractivity contribution >= 4 is 33.7 Å². The zero-order valence-corrected chi connectivity index (χ0v) is 14.6. The van der Waals surface area contributed by atoms with Gasteiger partial charge in [0.05, 0.1) is 22.7 Å². The SMILES string of the molecule is Cc1ccc(-c2sccc2NC(=O)Cc2cccc3cnccc23)[nH]1. The Kier molecular flexibility index (Phi) is 4.07. The van der Waals surface area contributed by atoms with Crippen LogP contribution < -0.4 is 5.32 Å². The van der Waals surface area contributed by atoms with Crippen molar-refractivity contribution in [2.45, 2.75) is 13.3 Å². The van der Waals surface area contributed by atoms with Gasteiger partial charge in [0.25, 0.3) is 0 Å². The summed E-state index contributed by atoms with van der Waals surface area (Å²) in [6.07, 6.45) is 3.91. The summed E-state index contributed by atoms with van der Waals surface area (Å²) in [5.74, 6) is -0.0211. The molecule has 5 heteroatoms. The van der Waals surface area contributed by atoms with Crippen molar-refractivity contribution in [2.24, 2.45) is 0 Å². The Balaban J connectivity index is 1.56. The number of fused-ring (bicyclic) bond motifs is 1. The number of carbonyl (C=O) groups excluding carboxylic acids is 1. The second-order valence-corrected chi connectivity index (χ2v) is 6.87. The van der Waals surface area contributed by atoms with E-state index >= 15 is 0 Å². The van der Waals surface area contributed by atoms with Crippen LogP contribution in [0.5, 0.6) is 0 Å². The number of pyridine rings is 1. The van der Waals surface area contributed by atoms with Gasteiger partial charge in [-0.05, 0) is 47.5 Å². The third kappa shape index (κ3) is 3.19. The normalized spacial score (nSPS) is 10.9. The van der Waals surface area contributed by atoms with Crippen molar-refractivity contribution in [1.29, 1.82) is 0 Å². The van der Waals surface area contributed by atoms with Crippen LogP contribution >= 0.6 is 11.3 Å². The number of aryl methyl sites for hydroxylation is 1. The summed E-state index contributed by atoms with van der Waals surface area (Å²) in [7, 11) is 0. The van der Waals surface area contributed by atoms with Crippen LogP contribution in [0.4, 0.5) is 5.69 Å². The molecule has 0 radical (unpaired) electrons. The van der Waals surface area contributed by atoms with Gasteiger partial charge >= 0.3 is 0 Å². The zero-order valence-electron chi connectivity index (χ0n) is 13.7. The topological polar surface area (TPSA) is 57.8 Å². The molecule has 1 amide bonds. The Bertz CT molecular complexity index is 1040. The number of hydrogen-bond donors (Lipinski definition) is 2. The molecule has 4 rings (SSSR count). The highest BCUT2D eigenvalue weighted by atomic mass is 32.1. The lowest BCUT2D eigenvalue weighted by molar-refractivity contribution is -0.115. The average molecular weight is 347 g/mol. The van der Waals surface area contributed by atoms with Gasteiger partial charge < -0.3 is 10.3 Å². The minimum absolute atomic E-state index is 0.0211. The van der Waals surface area contributed by atoms with E-state index in [4.69, 9.17) is 0 Å². The van der Waals surface area contributed by atoms with Crippen LogP contribution in [-0.4, -0.2) is 15.9 Å². The Morgan fingerprint density at radius 3 is 2.96 bits per heavy atom. The number of benzene rings is 1. The number of thiophene rings is 1. The summed E-state index contributed by atoms with van der Waals surface area (Å²) < 4.78 is 0. The molecule has 4 nitrogen and oxygen atoms in total. The predicted molar refractivity (Wildman–Crippen MR) is 103 cm³/mol. The maximum atomic E-state index is 12.6. The molecule has 0 fully saturated rings. The van der Waals surface area contributed by atoms with E-state index in [9.17, 15) is 4.79 Å². The standard InChI is InChI=1S/C20H17N3OS/c1-13-5-6-17(22-13)20-18(8-10-25-20)23-19(24)11-14-3-2-4-15-12-21-9-7-16(14)15/h2-10,12,22H,11H2,1H3,(H,23,24). The van der Waals surface area contributed by atoms with Gasteiger partial charge in [0.2, 0.25) is 5.91 Å². The van der Waals surface area contributed by atoms with Crippen LogP contribution in [0.3, 0.4) is 0 Å². The van der Waals surface area contributed by atoms with Crippen molar-refractivity contribution in [1.82, 2.24) is 9.97 Å². The fraction of sp³-hybridized carbons (Fsp3) is 0.100. The highest BCUT2D eigenvalue weighted by Gasteiger charge is 2.13. The molecule has 0 spiro atoms. The molecular weight excluding hydrogens is 330 g/mol. The van der Waals surface area contributed by atoms with Crippen molar-refractivity contribution in [3.8, 4) is 10.6 Å². The molecule has 0 atom stereocenters. The highest BCUT2D eigenvalue weighted by molar-refractivity contribution is 7.14. The number of amides is 1. The lowest BCUT2D eigenvalue weighted by atomic mass is 10.0. The predicted octanol–water partition coefficient (Wildman–Crippen LogP) is 4.78. The van der Waals surface area contributed by atoms with Gasteiger partial charge in [0, 0.05) is 23.5 Å². The molecule has 3 heterocycles. The first-order valence-electron chi connectivity index (χ1n) is 8.05. The summed E-state index contributed by atoms with van der Waals surface area (Å²) in [5, 5.41) is 7.15. The smallest absolute Gasteiger partial charge is 0.228 e. The second kappa shape index (κ2) is 6.53. The van der Waals surface area contributed by atoms with Crippen LogP contribution in [0.1, 0.15) is 11.3 Å². The molecule has 4 aromatic rings. The lowest BCUT2D eigenvalue weighted by Crippen LogP contribution is -2.14. The lowest BCUT2D eigenvalue weighted by Gasteiger charge is -2.08. The molecule has 0 unspecified atom stereocenters. The van der Waals surface area contributed by atoms with Crippen LogP contribution in [0.2, 0.25) is 0 Å². The van der Waals surface area contributed by atoms with Crippen molar-refractivity contribution in [3.63, 3.8) is 0 Å². The number of carbonyl (C=O) groups is 1. The van der Waals surface area contributed by atoms with E-state index in [-0.39, 0.29) is 5.91 Å². The molecule has 0 saturated heterocycles. The third-order valence-corrected chi connectivity index (χ3v) is 5.09. The van der Waals surface area contributed by atoms with E-state index in [0.717, 1.165) is 38.3 Å². The summed E-state index contributed by atoms with van der Waals surface area (Å²) in [6.45, 7) is 2.02. The monoisotopic (exact) mass is 347 g/mol. The maximum absolute atomic E-state index is 12.6. The molecule has 1 aromatic carbocycles. The van der Waals surface area contributed by atoms with Gasteiger partial charge in [-0.3, -0.25) is 9.78 Å². The average Bonchev–Trinajstić information content (AvgIpc) is 3.24. The van der Waals surface area contributed by atoms with Crippen LogP contribution in [0.25, 0.3) is 21.3 Å². The van der Waals surface area contributed by atoms with E-state index in [1.807, 2.05) is 61.0 Å². The van der Waals surface area contributed by atoms with Crippen molar-refractivity contribution in [2.75, 3.05) is 5.32 Å². The summed E-state index contributed by atoms with van der Waals surface area (Å²) in [4.78, 5) is 21.1. The van der Waals surface area contributed by atoms with Gasteiger partial charge in [-0.1, -0.05) is 18.2 Å². The Morgan fingerprint density at radius 2 is 2.12 bits per heavy atom. The summed E-state index contributed by atoms with van der Waals surface area (Å²) in [5.41, 5.74) is 3.98. The molecule has 0 saturated carbocycles. The quantitative estimate of drug-likeness (QED) is 0.558. The van der Waals surface area contributed by atoms with Crippen molar-refractivity contribution in [3.05, 3.63) is 71.5 Å². The number of anilines is 1. The van der Waals surface area contributed by atoms with Crippen LogP contribution in [-0.2, 0) is 11.2 Å². The number of H-pyrrole nitrogens is 1. The number of aromatic amines is 1. The van der Waals surface area contributed by atoms with Gasteiger partial charge in [-0.2, -0.15) is 0 Å². The van der Waals surface area contributed by atoms with E-state index in [2.05, 4.69) is 15.3 Å².